The van der Waals surface area contributed by atoms with Gasteiger partial charge in [-0.3, -0.25) is 0 Å². The van der Waals surface area contributed by atoms with Gasteiger partial charge in [0.1, 0.15) is 0 Å². The maximum absolute atomic E-state index is 5.75. The number of methoxy groups -OCH3 is 1. The third kappa shape index (κ3) is 1.96. The Morgan fingerprint density at radius 3 is 2.50 bits per heavy atom. The average molecular weight is 197 g/mol. The molecule has 0 heterocycles. The van der Waals surface area contributed by atoms with Gasteiger partial charge >= 0.3 is 0 Å². The second kappa shape index (κ2) is 4.19. The van der Waals surface area contributed by atoms with E-state index in [1.54, 1.807) is 0 Å². The maximum Gasteiger partial charge on any atom is 0.0831 e. The molecule has 1 N–H and O–H groups in total. The fourth-order valence-electron chi connectivity index (χ4n) is 2.64. The average Bonchev–Trinajstić information content (AvgIpc) is 2.87. The van der Waals surface area contributed by atoms with E-state index in [-0.39, 0.29) is 5.60 Å². The van der Waals surface area contributed by atoms with E-state index < -0.39 is 0 Å². The van der Waals surface area contributed by atoms with E-state index >= 15 is 0 Å². The highest BCUT2D eigenvalue weighted by Gasteiger charge is 2.45. The number of hydrogen-bond donors (Lipinski definition) is 1. The van der Waals surface area contributed by atoms with E-state index in [0.717, 1.165) is 12.5 Å². The molecular weight excluding hydrogens is 174 g/mol. The van der Waals surface area contributed by atoms with Crippen LogP contribution in [0.2, 0.25) is 0 Å². The molecule has 0 bridgehead atoms. The molecule has 2 aliphatic carbocycles. The predicted molar refractivity (Wildman–Crippen MR) is 58.4 cm³/mol. The standard InChI is InChI=1S/C12H23NO/c1-3-13-11(9-10-5-6-10)12(14-2)7-4-8-12/h10-11,13H,3-9H2,1-2H3. The van der Waals surface area contributed by atoms with Gasteiger partial charge in [-0.15, -0.1) is 0 Å². The van der Waals surface area contributed by atoms with Gasteiger partial charge in [0.05, 0.1) is 5.60 Å². The van der Waals surface area contributed by atoms with Gasteiger partial charge in [0.25, 0.3) is 0 Å². The largest absolute Gasteiger partial charge is 0.377 e. The van der Waals surface area contributed by atoms with E-state index in [1.165, 1.54) is 38.5 Å². The maximum atomic E-state index is 5.75. The molecule has 0 aromatic rings. The third-order valence-corrected chi connectivity index (χ3v) is 3.96. The first-order valence-electron chi connectivity index (χ1n) is 6.09. The van der Waals surface area contributed by atoms with Crippen LogP contribution in [0.4, 0.5) is 0 Å². The quantitative estimate of drug-likeness (QED) is 0.705. The Morgan fingerprint density at radius 1 is 1.43 bits per heavy atom. The third-order valence-electron chi connectivity index (χ3n) is 3.96. The second-order valence-corrected chi connectivity index (χ2v) is 4.91. The Kier molecular flexibility index (Phi) is 3.13. The fraction of sp³-hybridized carbons (Fsp3) is 1.00. The summed E-state index contributed by atoms with van der Waals surface area (Å²) in [6.45, 7) is 3.27. The Hall–Kier alpha value is -0.0800. The lowest BCUT2D eigenvalue weighted by Crippen LogP contribution is -2.56. The molecule has 0 aliphatic heterocycles. The molecule has 2 aliphatic rings. The van der Waals surface area contributed by atoms with Gasteiger partial charge in [-0.05, 0) is 38.1 Å². The number of ether oxygens (including phenoxy) is 1. The molecule has 2 rings (SSSR count). The second-order valence-electron chi connectivity index (χ2n) is 4.91. The van der Waals surface area contributed by atoms with Crippen LogP contribution in [-0.2, 0) is 4.74 Å². The van der Waals surface area contributed by atoms with Gasteiger partial charge in [0, 0.05) is 13.2 Å². The van der Waals surface area contributed by atoms with Crippen LogP contribution in [0, 0.1) is 5.92 Å². The summed E-state index contributed by atoms with van der Waals surface area (Å²) in [5, 5.41) is 3.62. The fourth-order valence-corrected chi connectivity index (χ4v) is 2.64. The molecule has 0 saturated heterocycles. The van der Waals surface area contributed by atoms with Gasteiger partial charge in [-0.25, -0.2) is 0 Å². The Labute approximate surface area is 87.4 Å². The summed E-state index contributed by atoms with van der Waals surface area (Å²) in [5.74, 6) is 0.992. The van der Waals surface area contributed by atoms with Crippen molar-refractivity contribution in [2.45, 2.75) is 57.1 Å². The zero-order valence-electron chi connectivity index (χ0n) is 9.51. The van der Waals surface area contributed by atoms with Crippen molar-refractivity contribution < 1.29 is 4.74 Å². The van der Waals surface area contributed by atoms with E-state index in [2.05, 4.69) is 12.2 Å². The first kappa shape index (κ1) is 10.4. The van der Waals surface area contributed by atoms with Crippen molar-refractivity contribution in [3.8, 4) is 0 Å². The minimum Gasteiger partial charge on any atom is -0.377 e. The van der Waals surface area contributed by atoms with Gasteiger partial charge < -0.3 is 10.1 Å². The van der Waals surface area contributed by atoms with Crippen molar-refractivity contribution in [2.24, 2.45) is 5.92 Å². The summed E-state index contributed by atoms with van der Waals surface area (Å²) in [6, 6.07) is 0.610. The van der Waals surface area contributed by atoms with Crippen LogP contribution >= 0.6 is 0 Å². The van der Waals surface area contributed by atoms with Crippen molar-refractivity contribution >= 4 is 0 Å². The summed E-state index contributed by atoms with van der Waals surface area (Å²) in [5.41, 5.74) is 0.193. The van der Waals surface area contributed by atoms with E-state index in [0.29, 0.717) is 6.04 Å². The van der Waals surface area contributed by atoms with Crippen LogP contribution in [0.1, 0.15) is 45.4 Å². The Morgan fingerprint density at radius 2 is 2.14 bits per heavy atom. The molecule has 0 aromatic heterocycles. The normalized spacial score (nSPS) is 27.0. The molecule has 2 heteroatoms. The predicted octanol–water partition coefficient (Wildman–Crippen LogP) is 2.33. The first-order chi connectivity index (χ1) is 6.80. The summed E-state index contributed by atoms with van der Waals surface area (Å²) in [4.78, 5) is 0. The molecule has 1 unspecified atom stereocenters. The highest BCUT2D eigenvalue weighted by Crippen LogP contribution is 2.43. The molecule has 2 nitrogen and oxygen atoms in total. The van der Waals surface area contributed by atoms with Crippen LogP contribution in [0.5, 0.6) is 0 Å². The van der Waals surface area contributed by atoms with E-state index in [1.807, 2.05) is 7.11 Å². The molecule has 0 aromatic carbocycles. The molecule has 1 atom stereocenters. The molecule has 0 spiro atoms. The summed E-state index contributed by atoms with van der Waals surface area (Å²) in [7, 11) is 1.89. The molecule has 0 radical (unpaired) electrons. The van der Waals surface area contributed by atoms with Crippen LogP contribution in [0.3, 0.4) is 0 Å². The molecule has 0 amide bonds. The molecular formula is C12H23NO. The summed E-state index contributed by atoms with van der Waals surface area (Å²) in [6.07, 6.45) is 8.09. The van der Waals surface area contributed by atoms with Crippen molar-refractivity contribution in [1.29, 1.82) is 0 Å². The zero-order chi connectivity index (χ0) is 10.0. The van der Waals surface area contributed by atoms with Crippen molar-refractivity contribution in [3.05, 3.63) is 0 Å². The zero-order valence-corrected chi connectivity index (χ0v) is 9.51. The minimum absolute atomic E-state index is 0.193. The monoisotopic (exact) mass is 197 g/mol. The van der Waals surface area contributed by atoms with Crippen LogP contribution < -0.4 is 5.32 Å². The number of nitrogens with one attached hydrogen (secondary N) is 1. The first-order valence-corrected chi connectivity index (χ1v) is 6.09. The van der Waals surface area contributed by atoms with E-state index in [4.69, 9.17) is 4.74 Å². The van der Waals surface area contributed by atoms with Gasteiger partial charge in [-0.2, -0.15) is 0 Å². The molecule has 2 saturated carbocycles. The Bertz CT molecular complexity index is 179. The van der Waals surface area contributed by atoms with Gasteiger partial charge in [0.15, 0.2) is 0 Å². The Balaban J connectivity index is 1.92. The van der Waals surface area contributed by atoms with Crippen LogP contribution in [0.25, 0.3) is 0 Å². The van der Waals surface area contributed by atoms with Gasteiger partial charge in [0.2, 0.25) is 0 Å². The van der Waals surface area contributed by atoms with Crippen LogP contribution in [-0.4, -0.2) is 25.3 Å². The highest BCUT2D eigenvalue weighted by atomic mass is 16.5. The SMILES string of the molecule is CCNC(CC1CC1)C1(OC)CCC1. The lowest BCUT2D eigenvalue weighted by Gasteiger charge is -2.47. The number of hydrogen-bond acceptors (Lipinski definition) is 2. The van der Waals surface area contributed by atoms with Crippen LogP contribution in [0.15, 0.2) is 0 Å². The molecule has 14 heavy (non-hydrogen) atoms. The number of rotatable bonds is 6. The van der Waals surface area contributed by atoms with Crippen molar-refractivity contribution in [1.82, 2.24) is 5.32 Å². The molecule has 2 fully saturated rings. The lowest BCUT2D eigenvalue weighted by molar-refractivity contribution is -0.101. The van der Waals surface area contributed by atoms with Crippen molar-refractivity contribution in [2.75, 3.05) is 13.7 Å². The minimum atomic E-state index is 0.193. The van der Waals surface area contributed by atoms with Crippen molar-refractivity contribution in [3.63, 3.8) is 0 Å². The van der Waals surface area contributed by atoms with E-state index in [9.17, 15) is 0 Å². The summed E-state index contributed by atoms with van der Waals surface area (Å²) < 4.78 is 5.75. The highest BCUT2D eigenvalue weighted by molar-refractivity contribution is 5.01. The number of likely N-dealkylation sites (N-methyl/N-ethyl adjacent to an activating group) is 1. The summed E-state index contributed by atoms with van der Waals surface area (Å²) >= 11 is 0. The smallest absolute Gasteiger partial charge is 0.0831 e. The molecule has 82 valence electrons. The van der Waals surface area contributed by atoms with Gasteiger partial charge in [-0.1, -0.05) is 19.8 Å². The lowest BCUT2D eigenvalue weighted by atomic mass is 9.73. The topological polar surface area (TPSA) is 21.3 Å².